The van der Waals surface area contributed by atoms with Gasteiger partial charge in [0.05, 0.1) is 0 Å². The number of rotatable bonds is 6. The van der Waals surface area contributed by atoms with Crippen LogP contribution in [0.5, 0.6) is 0 Å². The van der Waals surface area contributed by atoms with Gasteiger partial charge in [0, 0.05) is 9.61 Å². The summed E-state index contributed by atoms with van der Waals surface area (Å²) in [6.07, 6.45) is 2.21. The van der Waals surface area contributed by atoms with E-state index < -0.39 is 0 Å². The summed E-state index contributed by atoms with van der Waals surface area (Å²) in [5.41, 5.74) is 2.85. The fourth-order valence-electron chi connectivity index (χ4n) is 2.10. The van der Waals surface area contributed by atoms with E-state index in [4.69, 9.17) is 0 Å². The van der Waals surface area contributed by atoms with Crippen LogP contribution in [0.2, 0.25) is 0 Å². The van der Waals surface area contributed by atoms with Crippen molar-refractivity contribution in [2.24, 2.45) is 0 Å². The zero-order chi connectivity index (χ0) is 12.8. The quantitative estimate of drug-likeness (QED) is 0.754. The first-order valence-corrected chi connectivity index (χ1v) is 8.29. The maximum atomic E-state index is 3.59. The standard InChI is InChI=1S/C15H18INS/c1-2-17-15(10-13-7-8-18-11-13)9-12-3-5-14(16)6-4-12/h3-8,11,15,17H,2,9-10H2,1H3. The van der Waals surface area contributed by atoms with Gasteiger partial charge in [-0.1, -0.05) is 19.1 Å². The summed E-state index contributed by atoms with van der Waals surface area (Å²) in [6, 6.07) is 11.6. The Kier molecular flexibility index (Phi) is 5.66. The van der Waals surface area contributed by atoms with Gasteiger partial charge in [-0.05, 0) is 82.1 Å². The third-order valence-electron chi connectivity index (χ3n) is 2.95. The van der Waals surface area contributed by atoms with Crippen molar-refractivity contribution in [2.45, 2.75) is 25.8 Å². The molecule has 0 amide bonds. The second kappa shape index (κ2) is 7.26. The summed E-state index contributed by atoms with van der Waals surface area (Å²) < 4.78 is 1.30. The molecule has 1 aromatic carbocycles. The summed E-state index contributed by atoms with van der Waals surface area (Å²) in [5.74, 6) is 0. The predicted octanol–water partition coefficient (Wildman–Crippen LogP) is 4.12. The first kappa shape index (κ1) is 14.0. The monoisotopic (exact) mass is 371 g/mol. The molecule has 1 nitrogen and oxygen atoms in total. The van der Waals surface area contributed by atoms with Gasteiger partial charge in [-0.2, -0.15) is 11.3 Å². The molecule has 0 bridgehead atoms. The Bertz CT molecular complexity index is 450. The van der Waals surface area contributed by atoms with Gasteiger partial charge in [0.25, 0.3) is 0 Å². The summed E-state index contributed by atoms with van der Waals surface area (Å²) in [6.45, 7) is 3.20. The number of thiophene rings is 1. The van der Waals surface area contributed by atoms with E-state index in [9.17, 15) is 0 Å². The second-order valence-corrected chi connectivity index (χ2v) is 6.45. The minimum Gasteiger partial charge on any atom is -0.314 e. The molecule has 1 unspecified atom stereocenters. The van der Waals surface area contributed by atoms with Crippen molar-refractivity contribution in [1.82, 2.24) is 5.32 Å². The van der Waals surface area contributed by atoms with Crippen LogP contribution in [0.1, 0.15) is 18.1 Å². The van der Waals surface area contributed by atoms with Crippen molar-refractivity contribution in [3.05, 3.63) is 55.8 Å². The zero-order valence-corrected chi connectivity index (χ0v) is 13.5. The average Bonchev–Trinajstić information content (AvgIpc) is 2.85. The Morgan fingerprint density at radius 2 is 1.83 bits per heavy atom. The Morgan fingerprint density at radius 3 is 2.44 bits per heavy atom. The van der Waals surface area contributed by atoms with E-state index in [-0.39, 0.29) is 0 Å². The highest BCUT2D eigenvalue weighted by Gasteiger charge is 2.09. The highest BCUT2D eigenvalue weighted by Crippen LogP contribution is 2.13. The average molecular weight is 371 g/mol. The molecule has 0 aliphatic rings. The molecule has 2 rings (SSSR count). The summed E-state index contributed by atoms with van der Waals surface area (Å²) in [7, 11) is 0. The van der Waals surface area contributed by atoms with Gasteiger partial charge >= 0.3 is 0 Å². The predicted molar refractivity (Wildman–Crippen MR) is 88.4 cm³/mol. The van der Waals surface area contributed by atoms with Gasteiger partial charge in [0.15, 0.2) is 0 Å². The molecule has 1 heterocycles. The maximum absolute atomic E-state index is 3.59. The van der Waals surface area contributed by atoms with Crippen LogP contribution in [-0.2, 0) is 12.8 Å². The lowest BCUT2D eigenvalue weighted by Crippen LogP contribution is -2.32. The lowest BCUT2D eigenvalue weighted by atomic mass is 10.0. The molecule has 1 atom stereocenters. The van der Waals surface area contributed by atoms with Crippen LogP contribution in [0, 0.1) is 3.57 Å². The van der Waals surface area contributed by atoms with E-state index in [0.717, 1.165) is 19.4 Å². The number of benzene rings is 1. The zero-order valence-electron chi connectivity index (χ0n) is 10.5. The fourth-order valence-corrected chi connectivity index (χ4v) is 3.14. The van der Waals surface area contributed by atoms with E-state index >= 15 is 0 Å². The van der Waals surface area contributed by atoms with Crippen molar-refractivity contribution in [3.8, 4) is 0 Å². The van der Waals surface area contributed by atoms with Crippen LogP contribution in [0.4, 0.5) is 0 Å². The fraction of sp³-hybridized carbons (Fsp3) is 0.333. The Labute approximate surface area is 127 Å². The highest BCUT2D eigenvalue weighted by molar-refractivity contribution is 14.1. The second-order valence-electron chi connectivity index (χ2n) is 4.42. The van der Waals surface area contributed by atoms with Crippen molar-refractivity contribution < 1.29 is 0 Å². The van der Waals surface area contributed by atoms with Gasteiger partial charge in [-0.15, -0.1) is 0 Å². The van der Waals surface area contributed by atoms with E-state index in [2.05, 4.69) is 75.9 Å². The Morgan fingerprint density at radius 1 is 1.11 bits per heavy atom. The molecule has 0 spiro atoms. The minimum absolute atomic E-state index is 0.532. The largest absolute Gasteiger partial charge is 0.314 e. The molecular formula is C15H18INS. The van der Waals surface area contributed by atoms with Crippen LogP contribution < -0.4 is 5.32 Å². The molecule has 0 aliphatic carbocycles. The van der Waals surface area contributed by atoms with Crippen LogP contribution in [-0.4, -0.2) is 12.6 Å². The summed E-state index contributed by atoms with van der Waals surface area (Å²) in [4.78, 5) is 0. The molecule has 2 aromatic rings. The Hall–Kier alpha value is -0.390. The third-order valence-corrected chi connectivity index (χ3v) is 4.40. The first-order chi connectivity index (χ1) is 8.78. The molecule has 1 N–H and O–H groups in total. The topological polar surface area (TPSA) is 12.0 Å². The molecule has 0 fully saturated rings. The third kappa shape index (κ3) is 4.37. The number of halogens is 1. The highest BCUT2D eigenvalue weighted by atomic mass is 127. The molecule has 0 aliphatic heterocycles. The van der Waals surface area contributed by atoms with Crippen molar-refractivity contribution >= 4 is 33.9 Å². The molecule has 18 heavy (non-hydrogen) atoms. The molecule has 0 radical (unpaired) electrons. The molecule has 3 heteroatoms. The number of hydrogen-bond donors (Lipinski definition) is 1. The van der Waals surface area contributed by atoms with Crippen LogP contribution >= 0.6 is 33.9 Å². The summed E-state index contributed by atoms with van der Waals surface area (Å²) in [5, 5.41) is 7.99. The van der Waals surface area contributed by atoms with Crippen LogP contribution in [0.3, 0.4) is 0 Å². The van der Waals surface area contributed by atoms with E-state index in [0.29, 0.717) is 6.04 Å². The van der Waals surface area contributed by atoms with E-state index in [1.54, 1.807) is 11.3 Å². The van der Waals surface area contributed by atoms with Crippen LogP contribution in [0.15, 0.2) is 41.1 Å². The normalized spacial score (nSPS) is 12.6. The van der Waals surface area contributed by atoms with Gasteiger partial charge in [-0.25, -0.2) is 0 Å². The lowest BCUT2D eigenvalue weighted by Gasteiger charge is -2.17. The smallest absolute Gasteiger partial charge is 0.0148 e. The molecular weight excluding hydrogens is 353 g/mol. The number of nitrogens with one attached hydrogen (secondary N) is 1. The van der Waals surface area contributed by atoms with Gasteiger partial charge in [-0.3, -0.25) is 0 Å². The molecule has 1 aromatic heterocycles. The Balaban J connectivity index is 1.99. The van der Waals surface area contributed by atoms with E-state index in [1.165, 1.54) is 14.7 Å². The number of hydrogen-bond acceptors (Lipinski definition) is 2. The van der Waals surface area contributed by atoms with Crippen LogP contribution in [0.25, 0.3) is 0 Å². The summed E-state index contributed by atoms with van der Waals surface area (Å²) >= 11 is 4.13. The maximum Gasteiger partial charge on any atom is 0.0148 e. The van der Waals surface area contributed by atoms with E-state index in [1.807, 2.05) is 0 Å². The minimum atomic E-state index is 0.532. The SMILES string of the molecule is CCNC(Cc1ccc(I)cc1)Cc1ccsc1. The van der Waals surface area contributed by atoms with Gasteiger partial charge in [0.2, 0.25) is 0 Å². The molecule has 96 valence electrons. The molecule has 0 saturated carbocycles. The van der Waals surface area contributed by atoms with Crippen molar-refractivity contribution in [3.63, 3.8) is 0 Å². The first-order valence-electron chi connectivity index (χ1n) is 6.27. The lowest BCUT2D eigenvalue weighted by molar-refractivity contribution is 0.522. The van der Waals surface area contributed by atoms with Crippen molar-refractivity contribution in [1.29, 1.82) is 0 Å². The number of likely N-dealkylation sites (N-methyl/N-ethyl adjacent to an activating group) is 1. The molecule has 0 saturated heterocycles. The van der Waals surface area contributed by atoms with Gasteiger partial charge < -0.3 is 5.32 Å². The van der Waals surface area contributed by atoms with Crippen molar-refractivity contribution in [2.75, 3.05) is 6.54 Å². The van der Waals surface area contributed by atoms with Gasteiger partial charge in [0.1, 0.15) is 0 Å².